The summed E-state index contributed by atoms with van der Waals surface area (Å²) in [7, 11) is 0. The highest BCUT2D eigenvalue weighted by Crippen LogP contribution is 2.33. The van der Waals surface area contributed by atoms with E-state index >= 15 is 0 Å². The van der Waals surface area contributed by atoms with Crippen molar-refractivity contribution in [3.8, 4) is 11.5 Å². The SMILES string of the molecule is CC(N)C(=O)c1cccc2c1OCCCO2. The molecular weight excluding hydrogens is 206 g/mol. The van der Waals surface area contributed by atoms with Gasteiger partial charge < -0.3 is 15.2 Å². The number of nitrogens with two attached hydrogens (primary N) is 1. The van der Waals surface area contributed by atoms with Crippen molar-refractivity contribution in [2.24, 2.45) is 5.73 Å². The molecular formula is C12H15NO3. The molecule has 0 aromatic heterocycles. The van der Waals surface area contributed by atoms with Crippen LogP contribution in [0.25, 0.3) is 0 Å². The van der Waals surface area contributed by atoms with Gasteiger partial charge in [-0.1, -0.05) is 6.07 Å². The summed E-state index contributed by atoms with van der Waals surface area (Å²) < 4.78 is 11.1. The highest BCUT2D eigenvalue weighted by molar-refractivity contribution is 6.02. The average molecular weight is 221 g/mol. The molecule has 16 heavy (non-hydrogen) atoms. The van der Waals surface area contributed by atoms with Gasteiger partial charge in [0.05, 0.1) is 24.8 Å². The molecule has 1 unspecified atom stereocenters. The van der Waals surface area contributed by atoms with E-state index in [-0.39, 0.29) is 5.78 Å². The van der Waals surface area contributed by atoms with Gasteiger partial charge in [-0.3, -0.25) is 4.79 Å². The lowest BCUT2D eigenvalue weighted by Gasteiger charge is -2.12. The minimum atomic E-state index is -0.529. The van der Waals surface area contributed by atoms with Gasteiger partial charge in [0.1, 0.15) is 0 Å². The Kier molecular flexibility index (Phi) is 3.10. The molecule has 2 rings (SSSR count). The molecule has 1 aliphatic heterocycles. The fourth-order valence-electron chi connectivity index (χ4n) is 1.63. The van der Waals surface area contributed by atoms with Crippen molar-refractivity contribution in [2.45, 2.75) is 19.4 Å². The Morgan fingerprint density at radius 1 is 1.38 bits per heavy atom. The first-order chi connectivity index (χ1) is 7.70. The minimum absolute atomic E-state index is 0.123. The van der Waals surface area contributed by atoms with Crippen LogP contribution >= 0.6 is 0 Å². The molecule has 0 amide bonds. The number of para-hydroxylation sites is 1. The molecule has 86 valence electrons. The topological polar surface area (TPSA) is 61.6 Å². The molecule has 0 fully saturated rings. The van der Waals surface area contributed by atoms with Gasteiger partial charge in [-0.05, 0) is 19.1 Å². The van der Waals surface area contributed by atoms with Gasteiger partial charge >= 0.3 is 0 Å². The van der Waals surface area contributed by atoms with Crippen molar-refractivity contribution in [3.05, 3.63) is 23.8 Å². The number of benzene rings is 1. The van der Waals surface area contributed by atoms with Crippen LogP contribution in [0.4, 0.5) is 0 Å². The van der Waals surface area contributed by atoms with Gasteiger partial charge in [-0.25, -0.2) is 0 Å². The van der Waals surface area contributed by atoms with E-state index in [0.29, 0.717) is 30.3 Å². The van der Waals surface area contributed by atoms with Crippen LogP contribution in [-0.4, -0.2) is 25.0 Å². The Morgan fingerprint density at radius 2 is 2.12 bits per heavy atom. The van der Waals surface area contributed by atoms with Crippen molar-refractivity contribution in [3.63, 3.8) is 0 Å². The van der Waals surface area contributed by atoms with Gasteiger partial charge in [0.25, 0.3) is 0 Å². The quantitative estimate of drug-likeness (QED) is 0.766. The van der Waals surface area contributed by atoms with Gasteiger partial charge in [0, 0.05) is 6.42 Å². The van der Waals surface area contributed by atoms with E-state index in [1.54, 1.807) is 25.1 Å². The summed E-state index contributed by atoms with van der Waals surface area (Å²) in [6, 6.07) is 4.78. The summed E-state index contributed by atoms with van der Waals surface area (Å²) >= 11 is 0. The fourth-order valence-corrected chi connectivity index (χ4v) is 1.63. The zero-order valence-electron chi connectivity index (χ0n) is 9.23. The van der Waals surface area contributed by atoms with E-state index in [4.69, 9.17) is 15.2 Å². The van der Waals surface area contributed by atoms with Crippen LogP contribution in [0.2, 0.25) is 0 Å². The van der Waals surface area contributed by atoms with Crippen LogP contribution in [0.15, 0.2) is 18.2 Å². The smallest absolute Gasteiger partial charge is 0.183 e. The first kappa shape index (κ1) is 11.0. The standard InChI is InChI=1S/C12H15NO3/c1-8(13)11(14)9-4-2-5-10-12(9)16-7-3-6-15-10/h2,4-5,8H,3,6-7,13H2,1H3. The van der Waals surface area contributed by atoms with Crippen LogP contribution in [0.3, 0.4) is 0 Å². The normalized spacial score (nSPS) is 16.4. The van der Waals surface area contributed by atoms with E-state index in [0.717, 1.165) is 6.42 Å². The maximum atomic E-state index is 11.9. The first-order valence-electron chi connectivity index (χ1n) is 5.38. The van der Waals surface area contributed by atoms with Crippen molar-refractivity contribution in [2.75, 3.05) is 13.2 Å². The number of ether oxygens (including phenoxy) is 2. The molecule has 4 nitrogen and oxygen atoms in total. The summed E-state index contributed by atoms with van der Waals surface area (Å²) in [6.45, 7) is 2.85. The Hall–Kier alpha value is -1.55. The second kappa shape index (κ2) is 4.53. The monoisotopic (exact) mass is 221 g/mol. The molecule has 0 saturated carbocycles. The highest BCUT2D eigenvalue weighted by atomic mass is 16.5. The summed E-state index contributed by atoms with van der Waals surface area (Å²) in [4.78, 5) is 11.9. The van der Waals surface area contributed by atoms with E-state index in [1.807, 2.05) is 0 Å². The van der Waals surface area contributed by atoms with Crippen LogP contribution in [0.1, 0.15) is 23.7 Å². The lowest BCUT2D eigenvalue weighted by Crippen LogP contribution is -2.27. The third-order valence-electron chi connectivity index (χ3n) is 2.45. The zero-order valence-corrected chi connectivity index (χ0v) is 9.23. The molecule has 1 aromatic rings. The minimum Gasteiger partial charge on any atom is -0.490 e. The third kappa shape index (κ3) is 2.02. The second-order valence-electron chi connectivity index (χ2n) is 3.84. The lowest BCUT2D eigenvalue weighted by atomic mass is 10.0. The Balaban J connectivity index is 2.42. The number of rotatable bonds is 2. The van der Waals surface area contributed by atoms with Crippen molar-refractivity contribution in [1.29, 1.82) is 0 Å². The molecule has 0 radical (unpaired) electrons. The maximum absolute atomic E-state index is 11.9. The van der Waals surface area contributed by atoms with Crippen molar-refractivity contribution in [1.82, 2.24) is 0 Å². The van der Waals surface area contributed by atoms with Crippen LogP contribution in [0.5, 0.6) is 11.5 Å². The third-order valence-corrected chi connectivity index (χ3v) is 2.45. The Morgan fingerprint density at radius 3 is 2.88 bits per heavy atom. The largest absolute Gasteiger partial charge is 0.490 e. The molecule has 1 aromatic carbocycles. The summed E-state index contributed by atoms with van der Waals surface area (Å²) in [5, 5.41) is 0. The molecule has 0 spiro atoms. The molecule has 1 aliphatic rings. The van der Waals surface area contributed by atoms with Crippen LogP contribution in [0, 0.1) is 0 Å². The molecule has 1 atom stereocenters. The number of ketones is 1. The Labute approximate surface area is 94.3 Å². The molecule has 0 aliphatic carbocycles. The molecule has 0 bridgehead atoms. The number of hydrogen-bond acceptors (Lipinski definition) is 4. The fraction of sp³-hybridized carbons (Fsp3) is 0.417. The van der Waals surface area contributed by atoms with E-state index in [9.17, 15) is 4.79 Å². The van der Waals surface area contributed by atoms with Gasteiger partial charge in [-0.15, -0.1) is 0 Å². The number of fused-ring (bicyclic) bond motifs is 1. The first-order valence-corrected chi connectivity index (χ1v) is 5.38. The summed E-state index contributed by atoms with van der Waals surface area (Å²) in [5.74, 6) is 1.04. The number of carbonyl (C=O) groups is 1. The molecule has 2 N–H and O–H groups in total. The maximum Gasteiger partial charge on any atom is 0.183 e. The van der Waals surface area contributed by atoms with Gasteiger partial charge in [-0.2, -0.15) is 0 Å². The second-order valence-corrected chi connectivity index (χ2v) is 3.84. The predicted octanol–water partition coefficient (Wildman–Crippen LogP) is 1.38. The molecule has 0 saturated heterocycles. The highest BCUT2D eigenvalue weighted by Gasteiger charge is 2.21. The lowest BCUT2D eigenvalue weighted by molar-refractivity contribution is 0.0964. The van der Waals surface area contributed by atoms with E-state index < -0.39 is 6.04 Å². The summed E-state index contributed by atoms with van der Waals surface area (Å²) in [5.41, 5.74) is 6.10. The van der Waals surface area contributed by atoms with Gasteiger partial charge in [0.2, 0.25) is 0 Å². The molecule has 1 heterocycles. The van der Waals surface area contributed by atoms with E-state index in [1.165, 1.54) is 0 Å². The van der Waals surface area contributed by atoms with Crippen LogP contribution < -0.4 is 15.2 Å². The Bertz CT molecular complexity index is 401. The number of hydrogen-bond donors (Lipinski definition) is 1. The predicted molar refractivity (Wildman–Crippen MR) is 60.0 cm³/mol. The zero-order chi connectivity index (χ0) is 11.5. The number of Topliss-reactive ketones (excluding diaryl/α,β-unsaturated/α-hetero) is 1. The average Bonchev–Trinajstić information content (AvgIpc) is 2.52. The van der Waals surface area contributed by atoms with Gasteiger partial charge in [0.15, 0.2) is 17.3 Å². The number of carbonyl (C=O) groups excluding carboxylic acids is 1. The molecule has 4 heteroatoms. The van der Waals surface area contributed by atoms with Crippen molar-refractivity contribution < 1.29 is 14.3 Å². The van der Waals surface area contributed by atoms with E-state index in [2.05, 4.69) is 0 Å². The van der Waals surface area contributed by atoms with Crippen LogP contribution in [-0.2, 0) is 0 Å². The van der Waals surface area contributed by atoms with Crippen molar-refractivity contribution >= 4 is 5.78 Å². The summed E-state index contributed by atoms with van der Waals surface area (Å²) in [6.07, 6.45) is 0.820.